The number of ether oxygens (including phenoxy) is 2. The normalized spacial score (nSPS) is 11.0. The summed E-state index contributed by atoms with van der Waals surface area (Å²) in [6, 6.07) is 11.6. The van der Waals surface area contributed by atoms with Crippen LogP contribution in [0.4, 0.5) is 0 Å². The minimum atomic E-state index is -3.65. The molecule has 2 aromatic rings. The van der Waals surface area contributed by atoms with Gasteiger partial charge in [0, 0.05) is 20.0 Å². The number of sulfonamides is 1. The van der Waals surface area contributed by atoms with Gasteiger partial charge in [-0.15, -0.1) is 0 Å². The van der Waals surface area contributed by atoms with Crippen LogP contribution >= 0.6 is 0 Å². The molecule has 0 saturated heterocycles. The van der Waals surface area contributed by atoms with Crippen molar-refractivity contribution in [3.8, 4) is 11.5 Å². The maximum Gasteiger partial charge on any atom is 0.240 e. The van der Waals surface area contributed by atoms with Crippen LogP contribution in [-0.2, 0) is 27.9 Å². The van der Waals surface area contributed by atoms with Crippen LogP contribution in [0.2, 0.25) is 0 Å². The standard InChI is InChI=1S/C18H22N2O5S/c1-13(21)19-11-14-4-7-16(8-5-14)26(22,23)20-12-15-6-9-17(24-2)18(10-15)25-3/h4-10,20H,11-12H2,1-3H3,(H,19,21). The Morgan fingerprint density at radius 1 is 0.923 bits per heavy atom. The van der Waals surface area contributed by atoms with Crippen molar-refractivity contribution < 1.29 is 22.7 Å². The Morgan fingerprint density at radius 3 is 2.12 bits per heavy atom. The largest absolute Gasteiger partial charge is 0.493 e. The molecule has 1 amide bonds. The van der Waals surface area contributed by atoms with Gasteiger partial charge in [-0.05, 0) is 35.4 Å². The second kappa shape index (κ2) is 8.68. The molecule has 8 heteroatoms. The van der Waals surface area contributed by atoms with E-state index in [0.717, 1.165) is 11.1 Å². The number of rotatable bonds is 8. The number of carbonyl (C=O) groups excluding carboxylic acids is 1. The van der Waals surface area contributed by atoms with Crippen molar-refractivity contribution in [2.45, 2.75) is 24.9 Å². The lowest BCUT2D eigenvalue weighted by molar-refractivity contribution is -0.119. The topological polar surface area (TPSA) is 93.7 Å². The molecule has 0 fully saturated rings. The van der Waals surface area contributed by atoms with Crippen molar-refractivity contribution in [2.75, 3.05) is 14.2 Å². The first-order valence-electron chi connectivity index (χ1n) is 7.89. The van der Waals surface area contributed by atoms with Crippen molar-refractivity contribution in [1.82, 2.24) is 10.0 Å². The average Bonchev–Trinajstić information content (AvgIpc) is 2.64. The zero-order chi connectivity index (χ0) is 19.2. The Hall–Kier alpha value is -2.58. The SMILES string of the molecule is COc1ccc(CNS(=O)(=O)c2ccc(CNC(C)=O)cc2)cc1OC. The number of methoxy groups -OCH3 is 2. The van der Waals surface area contributed by atoms with Gasteiger partial charge in [0.05, 0.1) is 19.1 Å². The van der Waals surface area contributed by atoms with Crippen LogP contribution in [0.5, 0.6) is 11.5 Å². The summed E-state index contributed by atoms with van der Waals surface area (Å²) in [5, 5.41) is 2.66. The van der Waals surface area contributed by atoms with E-state index in [2.05, 4.69) is 10.0 Å². The van der Waals surface area contributed by atoms with Crippen LogP contribution in [0.3, 0.4) is 0 Å². The van der Waals surface area contributed by atoms with Gasteiger partial charge in [-0.25, -0.2) is 13.1 Å². The quantitative estimate of drug-likeness (QED) is 0.731. The van der Waals surface area contributed by atoms with Crippen molar-refractivity contribution in [1.29, 1.82) is 0 Å². The van der Waals surface area contributed by atoms with E-state index in [1.807, 2.05) is 0 Å². The van der Waals surface area contributed by atoms with Crippen LogP contribution in [0.1, 0.15) is 18.1 Å². The fourth-order valence-electron chi connectivity index (χ4n) is 2.27. The predicted octanol–water partition coefficient (Wildman–Crippen LogP) is 1.82. The highest BCUT2D eigenvalue weighted by atomic mass is 32.2. The van der Waals surface area contributed by atoms with E-state index in [-0.39, 0.29) is 17.3 Å². The van der Waals surface area contributed by atoms with Gasteiger partial charge >= 0.3 is 0 Å². The van der Waals surface area contributed by atoms with Gasteiger partial charge in [0.25, 0.3) is 0 Å². The maximum atomic E-state index is 12.4. The number of hydrogen-bond donors (Lipinski definition) is 2. The summed E-state index contributed by atoms with van der Waals surface area (Å²) in [4.78, 5) is 11.1. The van der Waals surface area contributed by atoms with E-state index in [1.54, 1.807) is 30.3 Å². The van der Waals surface area contributed by atoms with Gasteiger partial charge in [-0.3, -0.25) is 4.79 Å². The van der Waals surface area contributed by atoms with Crippen molar-refractivity contribution >= 4 is 15.9 Å². The summed E-state index contributed by atoms with van der Waals surface area (Å²) >= 11 is 0. The van der Waals surface area contributed by atoms with Gasteiger partial charge in [0.1, 0.15) is 0 Å². The van der Waals surface area contributed by atoms with Crippen LogP contribution in [0, 0.1) is 0 Å². The molecule has 7 nitrogen and oxygen atoms in total. The van der Waals surface area contributed by atoms with Crippen LogP contribution < -0.4 is 19.5 Å². The van der Waals surface area contributed by atoms with Crippen LogP contribution in [0.25, 0.3) is 0 Å². The molecule has 0 saturated carbocycles. The Labute approximate surface area is 153 Å². The number of amides is 1. The van der Waals surface area contributed by atoms with Crippen molar-refractivity contribution in [3.63, 3.8) is 0 Å². The van der Waals surface area contributed by atoms with Gasteiger partial charge in [0.2, 0.25) is 15.9 Å². The van der Waals surface area contributed by atoms with E-state index in [0.29, 0.717) is 18.0 Å². The third-order valence-electron chi connectivity index (χ3n) is 3.69. The van der Waals surface area contributed by atoms with E-state index < -0.39 is 10.0 Å². The number of hydrogen-bond acceptors (Lipinski definition) is 5. The molecule has 26 heavy (non-hydrogen) atoms. The average molecular weight is 378 g/mol. The van der Waals surface area contributed by atoms with E-state index >= 15 is 0 Å². The fraction of sp³-hybridized carbons (Fsp3) is 0.278. The molecule has 0 aromatic heterocycles. The maximum absolute atomic E-state index is 12.4. The molecule has 0 aliphatic heterocycles. The first kappa shape index (κ1) is 19.7. The van der Waals surface area contributed by atoms with Gasteiger partial charge in [0.15, 0.2) is 11.5 Å². The number of benzene rings is 2. The lowest BCUT2D eigenvalue weighted by atomic mass is 10.2. The molecule has 2 N–H and O–H groups in total. The second-order valence-electron chi connectivity index (χ2n) is 5.57. The Kier molecular flexibility index (Phi) is 6.59. The molecular formula is C18H22N2O5S. The zero-order valence-corrected chi connectivity index (χ0v) is 15.7. The molecule has 140 valence electrons. The predicted molar refractivity (Wildman–Crippen MR) is 97.5 cm³/mol. The second-order valence-corrected chi connectivity index (χ2v) is 7.33. The molecule has 0 unspecified atom stereocenters. The highest BCUT2D eigenvalue weighted by Gasteiger charge is 2.14. The molecule has 0 aliphatic rings. The zero-order valence-electron chi connectivity index (χ0n) is 14.9. The first-order chi connectivity index (χ1) is 12.4. The van der Waals surface area contributed by atoms with Crippen molar-refractivity contribution in [2.24, 2.45) is 0 Å². The third-order valence-corrected chi connectivity index (χ3v) is 5.11. The molecule has 0 aliphatic carbocycles. The highest BCUT2D eigenvalue weighted by molar-refractivity contribution is 7.89. The lowest BCUT2D eigenvalue weighted by Crippen LogP contribution is -2.23. The summed E-state index contributed by atoms with van der Waals surface area (Å²) in [7, 11) is -0.592. The van der Waals surface area contributed by atoms with Gasteiger partial charge in [-0.2, -0.15) is 0 Å². The van der Waals surface area contributed by atoms with Crippen molar-refractivity contribution in [3.05, 3.63) is 53.6 Å². The third kappa shape index (κ3) is 5.21. The summed E-state index contributed by atoms with van der Waals surface area (Å²) in [6.45, 7) is 1.90. The number of carbonyl (C=O) groups is 1. The Bertz CT molecular complexity index is 864. The Morgan fingerprint density at radius 2 is 1.54 bits per heavy atom. The highest BCUT2D eigenvalue weighted by Crippen LogP contribution is 2.27. The van der Waals surface area contributed by atoms with E-state index in [4.69, 9.17) is 9.47 Å². The molecule has 2 rings (SSSR count). The minimum Gasteiger partial charge on any atom is -0.493 e. The first-order valence-corrected chi connectivity index (χ1v) is 9.38. The summed E-state index contributed by atoms with van der Waals surface area (Å²) in [5.74, 6) is 0.971. The Balaban J connectivity index is 2.05. The number of nitrogens with one attached hydrogen (secondary N) is 2. The van der Waals surface area contributed by atoms with E-state index in [9.17, 15) is 13.2 Å². The summed E-state index contributed by atoms with van der Waals surface area (Å²) in [6.07, 6.45) is 0. The molecule has 2 aromatic carbocycles. The lowest BCUT2D eigenvalue weighted by Gasteiger charge is -2.11. The molecular weight excluding hydrogens is 356 g/mol. The molecule has 0 bridgehead atoms. The van der Waals surface area contributed by atoms with Crippen LogP contribution in [-0.4, -0.2) is 28.5 Å². The van der Waals surface area contributed by atoms with Gasteiger partial charge in [-0.1, -0.05) is 18.2 Å². The van der Waals surface area contributed by atoms with Crippen LogP contribution in [0.15, 0.2) is 47.4 Å². The van der Waals surface area contributed by atoms with E-state index in [1.165, 1.54) is 33.3 Å². The fourth-order valence-corrected chi connectivity index (χ4v) is 3.28. The molecule has 0 atom stereocenters. The smallest absolute Gasteiger partial charge is 0.240 e. The minimum absolute atomic E-state index is 0.121. The summed E-state index contributed by atoms with van der Waals surface area (Å²) in [5.41, 5.74) is 1.56. The van der Waals surface area contributed by atoms with Gasteiger partial charge < -0.3 is 14.8 Å². The summed E-state index contributed by atoms with van der Waals surface area (Å²) < 4.78 is 37.8. The molecule has 0 radical (unpaired) electrons. The monoisotopic (exact) mass is 378 g/mol. The molecule has 0 heterocycles. The molecule has 0 spiro atoms.